The van der Waals surface area contributed by atoms with Crippen LogP contribution in [0.15, 0.2) is 41.3 Å². The molecule has 0 saturated carbocycles. The van der Waals surface area contributed by atoms with Gasteiger partial charge < -0.3 is 5.32 Å². The van der Waals surface area contributed by atoms with Crippen molar-refractivity contribution in [3.05, 3.63) is 57.8 Å². The Morgan fingerprint density at radius 2 is 1.75 bits per heavy atom. The molecule has 3 rings (SSSR count). The zero-order valence-corrected chi connectivity index (χ0v) is 17.4. The van der Waals surface area contributed by atoms with Crippen molar-refractivity contribution in [2.24, 2.45) is 5.92 Å². The van der Waals surface area contributed by atoms with Gasteiger partial charge in [-0.2, -0.15) is 4.31 Å². The van der Waals surface area contributed by atoms with Crippen LogP contribution in [0.5, 0.6) is 0 Å². The Hall–Kier alpha value is -1.67. The Balaban J connectivity index is 1.68. The highest BCUT2D eigenvalue weighted by Crippen LogP contribution is 2.33. The highest BCUT2D eigenvalue weighted by Gasteiger charge is 2.34. The van der Waals surface area contributed by atoms with E-state index in [1.165, 1.54) is 34.6 Å². The van der Waals surface area contributed by atoms with Crippen LogP contribution in [0.4, 0.5) is 10.1 Å². The molecule has 1 aliphatic rings. The summed E-state index contributed by atoms with van der Waals surface area (Å²) in [7, 11) is -3.85. The van der Waals surface area contributed by atoms with Gasteiger partial charge in [-0.3, -0.25) is 4.79 Å². The molecule has 28 heavy (non-hydrogen) atoms. The summed E-state index contributed by atoms with van der Waals surface area (Å²) in [5, 5.41) is 2.93. The van der Waals surface area contributed by atoms with Gasteiger partial charge in [0.25, 0.3) is 0 Å². The molecule has 0 atom stereocenters. The van der Waals surface area contributed by atoms with Crippen molar-refractivity contribution in [3.63, 3.8) is 0 Å². The molecule has 9 heteroatoms. The highest BCUT2D eigenvalue weighted by atomic mass is 35.5. The lowest BCUT2D eigenvalue weighted by molar-refractivity contribution is -0.120. The zero-order chi connectivity index (χ0) is 20.5. The standard InChI is InChI=1S/C19H19Cl2FN2O3S/c1-12-11-14(22)5-6-17(12)23-19(25)13-7-9-24(10-8-13)28(26,27)18-15(20)3-2-4-16(18)21/h2-6,11,13H,7-10H2,1H3,(H,23,25). The molecule has 0 aromatic heterocycles. The third-order valence-electron chi connectivity index (χ3n) is 4.79. The van der Waals surface area contributed by atoms with Crippen LogP contribution < -0.4 is 5.32 Å². The molecule has 2 aromatic rings. The van der Waals surface area contributed by atoms with Crippen LogP contribution in [0.25, 0.3) is 0 Å². The van der Waals surface area contributed by atoms with Crippen LogP contribution in [0.1, 0.15) is 18.4 Å². The molecule has 1 N–H and O–H groups in total. The predicted molar refractivity (Wildman–Crippen MR) is 108 cm³/mol. The van der Waals surface area contributed by atoms with Gasteiger partial charge >= 0.3 is 0 Å². The largest absolute Gasteiger partial charge is 0.326 e. The predicted octanol–water partition coefficient (Wildman–Crippen LogP) is 4.48. The van der Waals surface area contributed by atoms with Crippen LogP contribution in [-0.2, 0) is 14.8 Å². The first-order chi connectivity index (χ1) is 13.2. The molecule has 150 valence electrons. The average Bonchev–Trinajstić information content (AvgIpc) is 2.64. The van der Waals surface area contributed by atoms with E-state index in [1.54, 1.807) is 13.0 Å². The number of nitrogens with zero attached hydrogens (tertiary/aromatic N) is 1. The van der Waals surface area contributed by atoms with Crippen LogP contribution in [-0.4, -0.2) is 31.7 Å². The van der Waals surface area contributed by atoms with E-state index in [0.29, 0.717) is 24.1 Å². The quantitative estimate of drug-likeness (QED) is 0.755. The number of hydrogen-bond acceptors (Lipinski definition) is 3. The lowest BCUT2D eigenvalue weighted by Crippen LogP contribution is -2.41. The summed E-state index contributed by atoms with van der Waals surface area (Å²) in [4.78, 5) is 12.4. The molecule has 1 fully saturated rings. The maximum atomic E-state index is 13.2. The zero-order valence-electron chi connectivity index (χ0n) is 15.1. The number of hydrogen-bond donors (Lipinski definition) is 1. The van der Waals surface area contributed by atoms with Gasteiger partial charge in [0.1, 0.15) is 10.7 Å². The van der Waals surface area contributed by atoms with Crippen LogP contribution in [0, 0.1) is 18.7 Å². The van der Waals surface area contributed by atoms with E-state index in [9.17, 15) is 17.6 Å². The lowest BCUT2D eigenvalue weighted by atomic mass is 9.97. The fourth-order valence-corrected chi connectivity index (χ4v) is 5.78. The summed E-state index contributed by atoms with van der Waals surface area (Å²) in [6.45, 7) is 2.08. The van der Waals surface area contributed by atoms with E-state index in [4.69, 9.17) is 23.2 Å². The van der Waals surface area contributed by atoms with Crippen molar-refractivity contribution in [3.8, 4) is 0 Å². The molecule has 1 aliphatic heterocycles. The topological polar surface area (TPSA) is 66.5 Å². The molecule has 2 aromatic carbocycles. The smallest absolute Gasteiger partial charge is 0.246 e. The van der Waals surface area contributed by atoms with Gasteiger partial charge in [0, 0.05) is 24.7 Å². The first-order valence-corrected chi connectivity index (χ1v) is 10.9. The Kier molecular flexibility index (Phi) is 6.29. The fraction of sp³-hybridized carbons (Fsp3) is 0.316. The molecule has 1 amide bonds. The Bertz CT molecular complexity index is 986. The van der Waals surface area contributed by atoms with Gasteiger partial charge in [-0.25, -0.2) is 12.8 Å². The van der Waals surface area contributed by atoms with E-state index in [0.717, 1.165) is 0 Å². The molecule has 0 aliphatic carbocycles. The fourth-order valence-electron chi connectivity index (χ4n) is 3.22. The SMILES string of the molecule is Cc1cc(F)ccc1NC(=O)C1CCN(S(=O)(=O)c2c(Cl)cccc2Cl)CC1. The summed E-state index contributed by atoms with van der Waals surface area (Å²) >= 11 is 12.1. The van der Waals surface area contributed by atoms with E-state index < -0.39 is 10.0 Å². The monoisotopic (exact) mass is 444 g/mol. The molecule has 0 unspecified atom stereocenters. The van der Waals surface area contributed by atoms with Crippen molar-refractivity contribution in [2.45, 2.75) is 24.7 Å². The number of rotatable bonds is 4. The minimum Gasteiger partial charge on any atom is -0.326 e. The first-order valence-electron chi connectivity index (χ1n) is 8.71. The van der Waals surface area contributed by atoms with Crippen molar-refractivity contribution in [1.82, 2.24) is 4.31 Å². The number of aryl methyl sites for hydroxylation is 1. The average molecular weight is 445 g/mol. The number of sulfonamides is 1. The third kappa shape index (κ3) is 4.33. The van der Waals surface area contributed by atoms with Crippen molar-refractivity contribution < 1.29 is 17.6 Å². The minimum atomic E-state index is -3.85. The van der Waals surface area contributed by atoms with Gasteiger partial charge in [0.05, 0.1) is 10.0 Å². The Morgan fingerprint density at radius 1 is 1.14 bits per heavy atom. The molecule has 1 heterocycles. The number of amides is 1. The summed E-state index contributed by atoms with van der Waals surface area (Å²) < 4.78 is 40.3. The lowest BCUT2D eigenvalue weighted by Gasteiger charge is -2.31. The number of piperidine rings is 1. The maximum Gasteiger partial charge on any atom is 0.246 e. The number of carbonyl (C=O) groups excluding carboxylic acids is 1. The summed E-state index contributed by atoms with van der Waals surface area (Å²) in [6.07, 6.45) is 0.737. The second kappa shape index (κ2) is 8.37. The first kappa shape index (κ1) is 21.0. The minimum absolute atomic E-state index is 0.0687. The molecular weight excluding hydrogens is 426 g/mol. The van der Waals surface area contributed by atoms with Gasteiger partial charge in [0.15, 0.2) is 0 Å². The van der Waals surface area contributed by atoms with Crippen molar-refractivity contribution in [2.75, 3.05) is 18.4 Å². The second-order valence-electron chi connectivity index (χ2n) is 6.68. The number of anilines is 1. The third-order valence-corrected chi connectivity index (χ3v) is 7.64. The van der Waals surface area contributed by atoms with Crippen LogP contribution in [0.3, 0.4) is 0 Å². The summed E-state index contributed by atoms with van der Waals surface area (Å²) in [5.41, 5.74) is 1.17. The summed E-state index contributed by atoms with van der Waals surface area (Å²) in [6, 6.07) is 8.68. The number of nitrogens with one attached hydrogen (secondary N) is 1. The van der Waals surface area contributed by atoms with Crippen molar-refractivity contribution >= 4 is 44.8 Å². The van der Waals surface area contributed by atoms with Gasteiger partial charge in [0.2, 0.25) is 15.9 Å². The molecule has 1 saturated heterocycles. The molecule has 5 nitrogen and oxygen atoms in total. The number of halogens is 3. The molecular formula is C19H19Cl2FN2O3S. The molecule has 0 bridgehead atoms. The van der Waals surface area contributed by atoms with Crippen LogP contribution >= 0.6 is 23.2 Å². The molecule has 0 spiro atoms. The highest BCUT2D eigenvalue weighted by molar-refractivity contribution is 7.89. The Morgan fingerprint density at radius 3 is 2.32 bits per heavy atom. The maximum absolute atomic E-state index is 13.2. The van der Waals surface area contributed by atoms with Gasteiger partial charge in [-0.1, -0.05) is 29.3 Å². The normalized spacial score (nSPS) is 16.1. The number of benzene rings is 2. The second-order valence-corrected chi connectivity index (χ2v) is 9.37. The number of carbonyl (C=O) groups is 1. The van der Waals surface area contributed by atoms with Gasteiger partial charge in [-0.15, -0.1) is 0 Å². The van der Waals surface area contributed by atoms with E-state index in [-0.39, 0.29) is 45.7 Å². The van der Waals surface area contributed by atoms with E-state index in [1.807, 2.05) is 0 Å². The van der Waals surface area contributed by atoms with Crippen molar-refractivity contribution in [1.29, 1.82) is 0 Å². The van der Waals surface area contributed by atoms with E-state index in [2.05, 4.69) is 5.32 Å². The molecule has 0 radical (unpaired) electrons. The Labute approximate surface area is 173 Å². The van der Waals surface area contributed by atoms with Crippen LogP contribution in [0.2, 0.25) is 10.0 Å². The van der Waals surface area contributed by atoms with E-state index >= 15 is 0 Å². The van der Waals surface area contributed by atoms with Gasteiger partial charge in [-0.05, 0) is 55.7 Å². The summed E-state index contributed by atoms with van der Waals surface area (Å²) in [5.74, 6) is -0.910.